The topological polar surface area (TPSA) is 33.3 Å². The van der Waals surface area contributed by atoms with Crippen LogP contribution in [0.2, 0.25) is 0 Å². The summed E-state index contributed by atoms with van der Waals surface area (Å²) in [7, 11) is 0. The normalized spacial score (nSPS) is 26.7. The van der Waals surface area contributed by atoms with Gasteiger partial charge < -0.3 is 15.4 Å². The zero-order valence-electron chi connectivity index (χ0n) is 10.8. The zero-order chi connectivity index (χ0) is 12.2. The number of ether oxygens (including phenoxy) is 1. The van der Waals surface area contributed by atoms with Crippen LogP contribution in [0.1, 0.15) is 12.0 Å². The fraction of sp³-hybridized carbons (Fsp3) is 0.600. The Hall–Kier alpha value is -1.06. The van der Waals surface area contributed by atoms with E-state index in [9.17, 15) is 0 Å². The molecule has 2 aliphatic rings. The Kier molecular flexibility index (Phi) is 3.81. The predicted octanol–water partition coefficient (Wildman–Crippen LogP) is 1.90. The smallest absolute Gasteiger partial charge is 0.0507 e. The van der Waals surface area contributed by atoms with Gasteiger partial charge in [-0.05, 0) is 42.9 Å². The molecule has 2 aliphatic heterocycles. The van der Waals surface area contributed by atoms with E-state index in [0.29, 0.717) is 5.92 Å². The van der Waals surface area contributed by atoms with Crippen molar-refractivity contribution in [3.63, 3.8) is 0 Å². The van der Waals surface area contributed by atoms with Gasteiger partial charge in [-0.25, -0.2) is 0 Å². The van der Waals surface area contributed by atoms with E-state index in [0.717, 1.165) is 38.8 Å². The summed E-state index contributed by atoms with van der Waals surface area (Å²) in [5, 5.41) is 7.13. The minimum atomic E-state index is 0.710. The van der Waals surface area contributed by atoms with Crippen molar-refractivity contribution in [2.45, 2.75) is 12.8 Å². The quantitative estimate of drug-likeness (QED) is 0.851. The molecule has 3 heteroatoms. The highest BCUT2D eigenvalue weighted by Crippen LogP contribution is 2.23. The van der Waals surface area contributed by atoms with Crippen molar-refractivity contribution >= 4 is 5.69 Å². The molecule has 0 aliphatic carbocycles. The fourth-order valence-corrected chi connectivity index (χ4v) is 2.89. The van der Waals surface area contributed by atoms with Crippen LogP contribution in [0.4, 0.5) is 5.69 Å². The third kappa shape index (κ3) is 2.85. The minimum absolute atomic E-state index is 0.710. The van der Waals surface area contributed by atoms with Crippen molar-refractivity contribution < 1.29 is 4.74 Å². The fourth-order valence-electron chi connectivity index (χ4n) is 2.89. The van der Waals surface area contributed by atoms with E-state index in [-0.39, 0.29) is 0 Å². The van der Waals surface area contributed by atoms with Crippen LogP contribution < -0.4 is 10.6 Å². The Morgan fingerprint density at radius 3 is 3.00 bits per heavy atom. The molecule has 0 saturated carbocycles. The molecule has 2 N–H and O–H groups in total. The molecule has 1 saturated heterocycles. The maximum atomic E-state index is 5.39. The van der Waals surface area contributed by atoms with Crippen molar-refractivity contribution in [3.8, 4) is 0 Å². The summed E-state index contributed by atoms with van der Waals surface area (Å²) < 4.78 is 5.39. The van der Waals surface area contributed by atoms with Gasteiger partial charge in [0.25, 0.3) is 0 Å². The largest absolute Gasteiger partial charge is 0.384 e. The lowest BCUT2D eigenvalue weighted by atomic mass is 9.94. The first-order valence-electron chi connectivity index (χ1n) is 7.02. The highest BCUT2D eigenvalue weighted by Gasteiger charge is 2.19. The van der Waals surface area contributed by atoms with Gasteiger partial charge in [0.15, 0.2) is 0 Å². The molecule has 0 bridgehead atoms. The number of hydrogen-bond acceptors (Lipinski definition) is 3. The molecule has 0 radical (unpaired) electrons. The molecule has 98 valence electrons. The van der Waals surface area contributed by atoms with Crippen LogP contribution in [0, 0.1) is 11.8 Å². The molecule has 1 aromatic carbocycles. The van der Waals surface area contributed by atoms with E-state index in [1.807, 2.05) is 0 Å². The first-order valence-corrected chi connectivity index (χ1v) is 7.02. The molecular weight excluding hydrogens is 224 g/mol. The lowest BCUT2D eigenvalue weighted by molar-refractivity contribution is 0.185. The third-order valence-corrected chi connectivity index (χ3v) is 4.00. The molecule has 2 atom stereocenters. The van der Waals surface area contributed by atoms with Crippen LogP contribution in [0.25, 0.3) is 0 Å². The predicted molar refractivity (Wildman–Crippen MR) is 73.9 cm³/mol. The Morgan fingerprint density at radius 1 is 1.22 bits per heavy atom. The molecular formula is C15H22N2O. The second kappa shape index (κ2) is 5.72. The minimum Gasteiger partial charge on any atom is -0.384 e. The maximum absolute atomic E-state index is 5.39. The van der Waals surface area contributed by atoms with Gasteiger partial charge in [0.05, 0.1) is 6.61 Å². The van der Waals surface area contributed by atoms with Crippen molar-refractivity contribution in [2.24, 2.45) is 11.8 Å². The highest BCUT2D eigenvalue weighted by molar-refractivity contribution is 5.53. The van der Waals surface area contributed by atoms with Crippen LogP contribution in [0.5, 0.6) is 0 Å². The van der Waals surface area contributed by atoms with E-state index in [2.05, 4.69) is 34.9 Å². The van der Waals surface area contributed by atoms with Crippen LogP contribution in [-0.2, 0) is 11.2 Å². The Morgan fingerprint density at radius 2 is 2.11 bits per heavy atom. The first-order chi connectivity index (χ1) is 8.92. The third-order valence-electron chi connectivity index (χ3n) is 4.00. The second-order valence-electron chi connectivity index (χ2n) is 5.50. The number of hydrogen-bond donors (Lipinski definition) is 2. The number of anilines is 1. The summed E-state index contributed by atoms with van der Waals surface area (Å²) in [5.41, 5.74) is 2.78. The van der Waals surface area contributed by atoms with E-state index in [1.54, 1.807) is 0 Å². The summed E-state index contributed by atoms with van der Waals surface area (Å²) >= 11 is 0. The van der Waals surface area contributed by atoms with Crippen LogP contribution in [-0.4, -0.2) is 32.8 Å². The van der Waals surface area contributed by atoms with Gasteiger partial charge >= 0.3 is 0 Å². The van der Waals surface area contributed by atoms with Crippen molar-refractivity contribution in [2.75, 3.05) is 38.2 Å². The van der Waals surface area contributed by atoms with Gasteiger partial charge in [0, 0.05) is 25.4 Å². The lowest BCUT2D eigenvalue weighted by Gasteiger charge is -2.26. The Bertz CT molecular complexity index is 388. The van der Waals surface area contributed by atoms with Crippen LogP contribution in [0.15, 0.2) is 24.3 Å². The standard InChI is InChI=1S/C15H22N2O/c1-2-4-15-14(3-1)7-13(10-17-15)9-16-8-12-5-6-18-11-12/h1-4,12-13,16-17H,5-11H2. The van der Waals surface area contributed by atoms with Crippen molar-refractivity contribution in [1.29, 1.82) is 0 Å². The van der Waals surface area contributed by atoms with Gasteiger partial charge in [-0.15, -0.1) is 0 Å². The van der Waals surface area contributed by atoms with Crippen LogP contribution >= 0.6 is 0 Å². The SMILES string of the molecule is c1ccc2c(c1)CC(CNCC1CCOC1)CN2. The average molecular weight is 246 g/mol. The van der Waals surface area contributed by atoms with E-state index >= 15 is 0 Å². The van der Waals surface area contributed by atoms with E-state index < -0.39 is 0 Å². The number of nitrogens with one attached hydrogen (secondary N) is 2. The van der Waals surface area contributed by atoms with Gasteiger partial charge in [-0.2, -0.15) is 0 Å². The summed E-state index contributed by atoms with van der Waals surface area (Å²) in [6, 6.07) is 8.64. The number of para-hydroxylation sites is 1. The summed E-state index contributed by atoms with van der Waals surface area (Å²) in [5.74, 6) is 1.44. The highest BCUT2D eigenvalue weighted by atomic mass is 16.5. The molecule has 0 amide bonds. The first kappa shape index (κ1) is 12.0. The van der Waals surface area contributed by atoms with E-state index in [1.165, 1.54) is 24.1 Å². The molecule has 3 nitrogen and oxygen atoms in total. The molecule has 0 aromatic heterocycles. The second-order valence-corrected chi connectivity index (χ2v) is 5.50. The molecule has 0 spiro atoms. The van der Waals surface area contributed by atoms with Gasteiger partial charge in [0.2, 0.25) is 0 Å². The maximum Gasteiger partial charge on any atom is 0.0507 e. The molecule has 1 fully saturated rings. The molecule has 2 unspecified atom stereocenters. The van der Waals surface area contributed by atoms with Gasteiger partial charge in [0.1, 0.15) is 0 Å². The van der Waals surface area contributed by atoms with Crippen molar-refractivity contribution in [1.82, 2.24) is 5.32 Å². The number of rotatable bonds is 4. The molecule has 3 rings (SSSR count). The van der Waals surface area contributed by atoms with Crippen LogP contribution in [0.3, 0.4) is 0 Å². The van der Waals surface area contributed by atoms with Gasteiger partial charge in [-0.3, -0.25) is 0 Å². The summed E-state index contributed by atoms with van der Waals surface area (Å²) in [4.78, 5) is 0. The Labute approximate surface area is 109 Å². The molecule has 18 heavy (non-hydrogen) atoms. The monoisotopic (exact) mass is 246 g/mol. The number of fused-ring (bicyclic) bond motifs is 1. The van der Waals surface area contributed by atoms with Crippen molar-refractivity contribution in [3.05, 3.63) is 29.8 Å². The number of benzene rings is 1. The van der Waals surface area contributed by atoms with E-state index in [4.69, 9.17) is 4.74 Å². The molecule has 1 aromatic rings. The molecule has 2 heterocycles. The lowest BCUT2D eigenvalue weighted by Crippen LogP contribution is -2.34. The Balaban J connectivity index is 1.44. The summed E-state index contributed by atoms with van der Waals surface area (Å²) in [6.45, 7) is 5.20. The zero-order valence-corrected chi connectivity index (χ0v) is 10.8. The van der Waals surface area contributed by atoms with Gasteiger partial charge in [-0.1, -0.05) is 18.2 Å². The summed E-state index contributed by atoms with van der Waals surface area (Å²) in [6.07, 6.45) is 2.41. The average Bonchev–Trinajstić information content (AvgIpc) is 2.92.